The number of methoxy groups -OCH3 is 1. The summed E-state index contributed by atoms with van der Waals surface area (Å²) in [5.74, 6) is -0.671. The Hall–Kier alpha value is -2.71. The Bertz CT molecular complexity index is 783. The lowest BCUT2D eigenvalue weighted by Crippen LogP contribution is -2.39. The van der Waals surface area contributed by atoms with E-state index in [1.807, 2.05) is 0 Å². The minimum atomic E-state index is -4.60. The van der Waals surface area contributed by atoms with Crippen LogP contribution in [0.4, 0.5) is 19.0 Å². The molecule has 0 saturated carbocycles. The molecule has 1 atom stereocenters. The summed E-state index contributed by atoms with van der Waals surface area (Å²) in [7, 11) is 1.30. The number of ether oxygens (including phenoxy) is 1. The van der Waals surface area contributed by atoms with E-state index in [0.29, 0.717) is 24.9 Å². The molecule has 9 heteroatoms. The quantitative estimate of drug-likeness (QED) is 0.778. The molecule has 0 unspecified atom stereocenters. The molecule has 26 heavy (non-hydrogen) atoms. The maximum absolute atomic E-state index is 13.3. The lowest BCUT2D eigenvalue weighted by Gasteiger charge is -2.32. The summed E-state index contributed by atoms with van der Waals surface area (Å²) in [6.45, 7) is 0.766. The number of aromatic nitrogens is 3. The SMILES string of the molecule is COC(=O)[C@H]1CCCN(c2cc(C(F)(F)F)nc(-c3cccnc3)n2)C1. The van der Waals surface area contributed by atoms with Crippen molar-refractivity contribution >= 4 is 11.8 Å². The maximum Gasteiger partial charge on any atom is 0.433 e. The zero-order chi connectivity index (χ0) is 18.7. The second-order valence-corrected chi connectivity index (χ2v) is 5.98. The number of pyridine rings is 1. The van der Waals surface area contributed by atoms with Gasteiger partial charge in [0, 0.05) is 37.1 Å². The number of esters is 1. The minimum absolute atomic E-state index is 0.0527. The molecule has 0 aliphatic carbocycles. The monoisotopic (exact) mass is 366 g/mol. The molecule has 0 N–H and O–H groups in total. The fraction of sp³-hybridized carbons (Fsp3) is 0.412. The average molecular weight is 366 g/mol. The first kappa shape index (κ1) is 18.1. The van der Waals surface area contributed by atoms with Crippen molar-refractivity contribution in [1.29, 1.82) is 0 Å². The van der Waals surface area contributed by atoms with Gasteiger partial charge in [0.05, 0.1) is 13.0 Å². The van der Waals surface area contributed by atoms with Crippen LogP contribution in [0.25, 0.3) is 11.4 Å². The molecule has 3 heterocycles. The Balaban J connectivity index is 1.99. The van der Waals surface area contributed by atoms with Gasteiger partial charge >= 0.3 is 12.1 Å². The third-order valence-corrected chi connectivity index (χ3v) is 4.20. The molecule has 0 spiro atoms. The minimum Gasteiger partial charge on any atom is -0.469 e. The fourth-order valence-corrected chi connectivity index (χ4v) is 2.91. The lowest BCUT2D eigenvalue weighted by atomic mass is 9.98. The van der Waals surface area contributed by atoms with Crippen molar-refractivity contribution in [2.24, 2.45) is 5.92 Å². The van der Waals surface area contributed by atoms with E-state index in [1.54, 1.807) is 17.0 Å². The first-order chi connectivity index (χ1) is 12.4. The summed E-state index contributed by atoms with van der Waals surface area (Å²) in [5.41, 5.74) is -0.636. The Kier molecular flexibility index (Phi) is 5.06. The van der Waals surface area contributed by atoms with Gasteiger partial charge in [-0.05, 0) is 25.0 Å². The van der Waals surface area contributed by atoms with Gasteiger partial charge in [-0.15, -0.1) is 0 Å². The first-order valence-corrected chi connectivity index (χ1v) is 8.08. The van der Waals surface area contributed by atoms with E-state index in [0.717, 1.165) is 6.07 Å². The zero-order valence-electron chi connectivity index (χ0n) is 14.0. The first-order valence-electron chi connectivity index (χ1n) is 8.08. The Labute approximate surface area is 148 Å². The molecule has 0 radical (unpaired) electrons. The maximum atomic E-state index is 13.3. The van der Waals surface area contributed by atoms with Crippen LogP contribution in [0.5, 0.6) is 0 Å². The molecule has 1 saturated heterocycles. The van der Waals surface area contributed by atoms with Crippen LogP contribution in [0.3, 0.4) is 0 Å². The summed E-state index contributed by atoms with van der Waals surface area (Å²) in [6.07, 6.45) is -0.383. The second-order valence-electron chi connectivity index (χ2n) is 5.98. The summed E-state index contributed by atoms with van der Waals surface area (Å²) < 4.78 is 44.6. The highest BCUT2D eigenvalue weighted by Gasteiger charge is 2.35. The smallest absolute Gasteiger partial charge is 0.433 e. The lowest BCUT2D eigenvalue weighted by molar-refractivity contribution is -0.145. The van der Waals surface area contributed by atoms with Crippen LogP contribution in [0.15, 0.2) is 30.6 Å². The zero-order valence-corrected chi connectivity index (χ0v) is 14.0. The van der Waals surface area contributed by atoms with Crippen molar-refractivity contribution < 1.29 is 22.7 Å². The van der Waals surface area contributed by atoms with Gasteiger partial charge in [-0.2, -0.15) is 13.2 Å². The molecular formula is C17H17F3N4O2. The van der Waals surface area contributed by atoms with Crippen LogP contribution in [-0.2, 0) is 15.7 Å². The van der Waals surface area contributed by atoms with Gasteiger partial charge in [0.1, 0.15) is 5.82 Å². The molecule has 2 aromatic rings. The molecule has 0 amide bonds. The van der Waals surface area contributed by atoms with Crippen LogP contribution in [0.1, 0.15) is 18.5 Å². The molecule has 138 valence electrons. The normalized spacial score (nSPS) is 17.8. The van der Waals surface area contributed by atoms with Crippen molar-refractivity contribution in [3.05, 3.63) is 36.3 Å². The van der Waals surface area contributed by atoms with E-state index in [9.17, 15) is 18.0 Å². The summed E-state index contributed by atoms with van der Waals surface area (Å²) in [4.78, 5) is 25.3. The molecule has 1 fully saturated rings. The number of halogens is 3. The number of carbonyl (C=O) groups excluding carboxylic acids is 1. The van der Waals surface area contributed by atoms with E-state index in [2.05, 4.69) is 15.0 Å². The number of carbonyl (C=O) groups is 1. The average Bonchev–Trinajstić information content (AvgIpc) is 2.67. The Morgan fingerprint density at radius 1 is 1.35 bits per heavy atom. The van der Waals surface area contributed by atoms with Crippen molar-refractivity contribution in [2.75, 3.05) is 25.1 Å². The molecule has 1 aliphatic rings. The van der Waals surface area contributed by atoms with E-state index in [4.69, 9.17) is 4.74 Å². The number of anilines is 1. The predicted molar refractivity (Wildman–Crippen MR) is 87.2 cm³/mol. The van der Waals surface area contributed by atoms with Crippen LogP contribution >= 0.6 is 0 Å². The third kappa shape index (κ3) is 3.92. The Morgan fingerprint density at radius 3 is 2.81 bits per heavy atom. The number of hydrogen-bond donors (Lipinski definition) is 0. The van der Waals surface area contributed by atoms with E-state index in [-0.39, 0.29) is 30.1 Å². The van der Waals surface area contributed by atoms with Crippen LogP contribution < -0.4 is 4.90 Å². The van der Waals surface area contributed by atoms with Crippen LogP contribution in [0.2, 0.25) is 0 Å². The highest BCUT2D eigenvalue weighted by atomic mass is 19.4. The van der Waals surface area contributed by atoms with Crippen LogP contribution in [0, 0.1) is 5.92 Å². The van der Waals surface area contributed by atoms with Gasteiger partial charge in [0.2, 0.25) is 0 Å². The highest BCUT2D eigenvalue weighted by Crippen LogP contribution is 2.32. The molecule has 1 aliphatic heterocycles. The number of piperidine rings is 1. The predicted octanol–water partition coefficient (Wildman–Crippen LogP) is 2.95. The molecule has 0 bridgehead atoms. The van der Waals surface area contributed by atoms with Gasteiger partial charge < -0.3 is 9.64 Å². The van der Waals surface area contributed by atoms with Crippen LogP contribution in [-0.4, -0.2) is 41.1 Å². The summed E-state index contributed by atoms with van der Waals surface area (Å²) in [6, 6.07) is 4.12. The number of rotatable bonds is 3. The van der Waals surface area contributed by atoms with Crippen molar-refractivity contribution in [3.63, 3.8) is 0 Å². The van der Waals surface area contributed by atoms with Crippen molar-refractivity contribution in [3.8, 4) is 11.4 Å². The van der Waals surface area contributed by atoms with E-state index < -0.39 is 11.9 Å². The second kappa shape index (κ2) is 7.27. The fourth-order valence-electron chi connectivity index (χ4n) is 2.91. The Morgan fingerprint density at radius 2 is 2.15 bits per heavy atom. The molecule has 6 nitrogen and oxygen atoms in total. The van der Waals surface area contributed by atoms with Gasteiger partial charge in [0.25, 0.3) is 0 Å². The van der Waals surface area contributed by atoms with Gasteiger partial charge in [0.15, 0.2) is 11.5 Å². The largest absolute Gasteiger partial charge is 0.469 e. The molecule has 0 aromatic carbocycles. The van der Waals surface area contributed by atoms with E-state index in [1.165, 1.54) is 19.5 Å². The molecular weight excluding hydrogens is 349 g/mol. The van der Waals surface area contributed by atoms with Gasteiger partial charge in [-0.25, -0.2) is 9.97 Å². The standard InChI is InChI=1S/C17H17F3N4O2/c1-26-16(25)12-5-3-7-24(10-12)14-8-13(17(18,19)20)22-15(23-14)11-4-2-6-21-9-11/h2,4,6,8-9,12H,3,5,7,10H2,1H3/t12-/m0/s1. The molecule has 3 rings (SSSR count). The number of alkyl halides is 3. The topological polar surface area (TPSA) is 68.2 Å². The van der Waals surface area contributed by atoms with Crippen molar-refractivity contribution in [1.82, 2.24) is 15.0 Å². The summed E-state index contributed by atoms with van der Waals surface area (Å²) >= 11 is 0. The highest BCUT2D eigenvalue weighted by molar-refractivity contribution is 5.73. The third-order valence-electron chi connectivity index (χ3n) is 4.20. The number of hydrogen-bond acceptors (Lipinski definition) is 6. The van der Waals surface area contributed by atoms with Crippen molar-refractivity contribution in [2.45, 2.75) is 19.0 Å². The summed E-state index contributed by atoms with van der Waals surface area (Å²) in [5, 5.41) is 0. The van der Waals surface area contributed by atoms with E-state index >= 15 is 0 Å². The van der Waals surface area contributed by atoms with Gasteiger partial charge in [-0.1, -0.05) is 0 Å². The number of nitrogens with zero attached hydrogens (tertiary/aromatic N) is 4. The van der Waals surface area contributed by atoms with Gasteiger partial charge in [-0.3, -0.25) is 9.78 Å². The molecule has 2 aromatic heterocycles.